The average Bonchev–Trinajstić information content (AvgIpc) is 2.60. The van der Waals surface area contributed by atoms with E-state index in [0.29, 0.717) is 0 Å². The predicted molar refractivity (Wildman–Crippen MR) is 96.5 cm³/mol. The molecule has 25 heavy (non-hydrogen) atoms. The zero-order chi connectivity index (χ0) is 18.0. The molecule has 1 aliphatic carbocycles. The summed E-state index contributed by atoms with van der Waals surface area (Å²) in [7, 11) is 0. The molecule has 0 saturated carbocycles. The molecular formula is C22H25F3. The second kappa shape index (κ2) is 7.23. The van der Waals surface area contributed by atoms with Crippen molar-refractivity contribution in [2.24, 2.45) is 11.8 Å². The number of halogens is 3. The van der Waals surface area contributed by atoms with E-state index in [9.17, 15) is 13.2 Å². The Morgan fingerprint density at radius 1 is 1.00 bits per heavy atom. The maximum absolute atomic E-state index is 12.7. The molecule has 0 spiro atoms. The van der Waals surface area contributed by atoms with Gasteiger partial charge in [0.2, 0.25) is 0 Å². The SMILES string of the molecule is CCC(C)CC1CCc2cc(-c3ccc(C(F)(F)F)cc3)ccc2C1. The molecule has 2 atom stereocenters. The van der Waals surface area contributed by atoms with E-state index in [1.165, 1.54) is 30.4 Å². The van der Waals surface area contributed by atoms with Crippen molar-refractivity contribution in [3.05, 3.63) is 59.2 Å². The van der Waals surface area contributed by atoms with Crippen LogP contribution in [-0.4, -0.2) is 0 Å². The zero-order valence-corrected chi connectivity index (χ0v) is 14.9. The van der Waals surface area contributed by atoms with Crippen LogP contribution >= 0.6 is 0 Å². The van der Waals surface area contributed by atoms with Gasteiger partial charge in [-0.1, -0.05) is 50.6 Å². The van der Waals surface area contributed by atoms with Crippen LogP contribution in [0.25, 0.3) is 11.1 Å². The first kappa shape index (κ1) is 18.0. The van der Waals surface area contributed by atoms with Crippen LogP contribution in [-0.2, 0) is 19.0 Å². The van der Waals surface area contributed by atoms with Gasteiger partial charge in [0, 0.05) is 0 Å². The van der Waals surface area contributed by atoms with Crippen LogP contribution in [0.2, 0.25) is 0 Å². The van der Waals surface area contributed by atoms with E-state index in [1.54, 1.807) is 12.1 Å². The summed E-state index contributed by atoms with van der Waals surface area (Å²) in [5.74, 6) is 1.54. The van der Waals surface area contributed by atoms with Crippen LogP contribution in [0.15, 0.2) is 42.5 Å². The maximum atomic E-state index is 12.7. The lowest BCUT2D eigenvalue weighted by atomic mass is 9.78. The van der Waals surface area contributed by atoms with Crippen molar-refractivity contribution in [2.75, 3.05) is 0 Å². The summed E-state index contributed by atoms with van der Waals surface area (Å²) in [5.41, 5.74) is 4.03. The number of aryl methyl sites for hydroxylation is 1. The van der Waals surface area contributed by atoms with Gasteiger partial charge in [-0.25, -0.2) is 0 Å². The van der Waals surface area contributed by atoms with Crippen molar-refractivity contribution >= 4 is 0 Å². The standard InChI is InChI=1S/C22H25F3/c1-3-15(2)12-16-4-5-20-14-19(7-6-18(20)13-16)17-8-10-21(11-9-17)22(23,24)25/h6-11,14-16H,3-5,12-13H2,1-2H3. The Kier molecular flexibility index (Phi) is 5.21. The van der Waals surface area contributed by atoms with E-state index in [4.69, 9.17) is 0 Å². The van der Waals surface area contributed by atoms with Gasteiger partial charge in [-0.2, -0.15) is 13.2 Å². The first-order valence-corrected chi connectivity index (χ1v) is 9.16. The second-order valence-corrected chi connectivity index (χ2v) is 7.42. The zero-order valence-electron chi connectivity index (χ0n) is 14.9. The van der Waals surface area contributed by atoms with Gasteiger partial charge in [0.25, 0.3) is 0 Å². The lowest BCUT2D eigenvalue weighted by Crippen LogP contribution is -2.16. The van der Waals surface area contributed by atoms with Gasteiger partial charge in [-0.3, -0.25) is 0 Å². The Labute approximate surface area is 148 Å². The fraction of sp³-hybridized carbons (Fsp3) is 0.455. The third kappa shape index (κ3) is 4.26. The summed E-state index contributed by atoms with van der Waals surface area (Å²) in [6, 6.07) is 11.8. The van der Waals surface area contributed by atoms with Crippen LogP contribution < -0.4 is 0 Å². The molecule has 0 nitrogen and oxygen atoms in total. The largest absolute Gasteiger partial charge is 0.416 e. The molecule has 0 amide bonds. The molecule has 0 aliphatic heterocycles. The molecule has 1 aliphatic rings. The number of hydrogen-bond donors (Lipinski definition) is 0. The quantitative estimate of drug-likeness (QED) is 0.564. The highest BCUT2D eigenvalue weighted by Gasteiger charge is 2.30. The molecular weight excluding hydrogens is 321 g/mol. The molecule has 0 aromatic heterocycles. The van der Waals surface area contributed by atoms with Crippen LogP contribution in [0.1, 0.15) is 49.8 Å². The van der Waals surface area contributed by atoms with Crippen LogP contribution in [0.3, 0.4) is 0 Å². The van der Waals surface area contributed by atoms with E-state index in [-0.39, 0.29) is 0 Å². The van der Waals surface area contributed by atoms with Crippen LogP contribution in [0.5, 0.6) is 0 Å². The van der Waals surface area contributed by atoms with E-state index < -0.39 is 11.7 Å². The van der Waals surface area contributed by atoms with E-state index >= 15 is 0 Å². The fourth-order valence-electron chi connectivity index (χ4n) is 3.80. The summed E-state index contributed by atoms with van der Waals surface area (Å²) in [4.78, 5) is 0. The highest BCUT2D eigenvalue weighted by molar-refractivity contribution is 5.65. The molecule has 2 aromatic rings. The molecule has 2 unspecified atom stereocenters. The summed E-state index contributed by atoms with van der Waals surface area (Å²) < 4.78 is 38.1. The highest BCUT2D eigenvalue weighted by Crippen LogP contribution is 2.34. The van der Waals surface area contributed by atoms with E-state index in [2.05, 4.69) is 26.0 Å². The molecule has 3 rings (SSSR count). The summed E-state index contributed by atoms with van der Waals surface area (Å²) in [6.07, 6.45) is 1.66. The monoisotopic (exact) mass is 346 g/mol. The summed E-state index contributed by atoms with van der Waals surface area (Å²) in [6.45, 7) is 4.57. The third-order valence-electron chi connectivity index (χ3n) is 5.51. The number of hydrogen-bond acceptors (Lipinski definition) is 0. The molecule has 0 fully saturated rings. The van der Waals surface area contributed by atoms with Gasteiger partial charge < -0.3 is 0 Å². The van der Waals surface area contributed by atoms with Gasteiger partial charge in [0.1, 0.15) is 0 Å². The van der Waals surface area contributed by atoms with Gasteiger partial charge in [0.05, 0.1) is 5.56 Å². The third-order valence-corrected chi connectivity index (χ3v) is 5.51. The number of benzene rings is 2. The van der Waals surface area contributed by atoms with Gasteiger partial charge in [-0.15, -0.1) is 0 Å². The van der Waals surface area contributed by atoms with Crippen LogP contribution in [0, 0.1) is 11.8 Å². The van der Waals surface area contributed by atoms with Crippen molar-refractivity contribution in [3.63, 3.8) is 0 Å². The lowest BCUT2D eigenvalue weighted by Gasteiger charge is -2.27. The first-order valence-electron chi connectivity index (χ1n) is 9.16. The molecule has 3 heteroatoms. The van der Waals surface area contributed by atoms with Crippen LogP contribution in [0.4, 0.5) is 13.2 Å². The Balaban J connectivity index is 1.76. The number of rotatable bonds is 4. The minimum absolute atomic E-state index is 0.595. The highest BCUT2D eigenvalue weighted by atomic mass is 19.4. The Bertz CT molecular complexity index is 713. The molecule has 134 valence electrons. The molecule has 0 bridgehead atoms. The topological polar surface area (TPSA) is 0 Å². The molecule has 0 heterocycles. The van der Waals surface area contributed by atoms with Crippen molar-refractivity contribution in [3.8, 4) is 11.1 Å². The average molecular weight is 346 g/mol. The number of alkyl halides is 3. The van der Waals surface area contributed by atoms with Crippen molar-refractivity contribution < 1.29 is 13.2 Å². The van der Waals surface area contributed by atoms with Crippen molar-refractivity contribution in [1.29, 1.82) is 0 Å². The second-order valence-electron chi connectivity index (χ2n) is 7.42. The molecule has 0 N–H and O–H groups in total. The molecule has 2 aromatic carbocycles. The Hall–Kier alpha value is -1.77. The fourth-order valence-corrected chi connectivity index (χ4v) is 3.80. The number of fused-ring (bicyclic) bond motifs is 1. The van der Waals surface area contributed by atoms with E-state index in [0.717, 1.165) is 47.9 Å². The van der Waals surface area contributed by atoms with Gasteiger partial charge >= 0.3 is 6.18 Å². The van der Waals surface area contributed by atoms with Gasteiger partial charge in [0.15, 0.2) is 0 Å². The Morgan fingerprint density at radius 2 is 1.68 bits per heavy atom. The van der Waals surface area contributed by atoms with E-state index in [1.807, 2.05) is 6.07 Å². The predicted octanol–water partition coefficient (Wildman–Crippen LogP) is 6.91. The minimum Gasteiger partial charge on any atom is -0.166 e. The first-order chi connectivity index (χ1) is 11.9. The normalized spacial score (nSPS) is 18.7. The molecule has 0 saturated heterocycles. The Morgan fingerprint density at radius 3 is 2.32 bits per heavy atom. The smallest absolute Gasteiger partial charge is 0.166 e. The van der Waals surface area contributed by atoms with Crippen molar-refractivity contribution in [1.82, 2.24) is 0 Å². The van der Waals surface area contributed by atoms with Crippen molar-refractivity contribution in [2.45, 2.75) is 52.1 Å². The molecule has 0 radical (unpaired) electrons. The minimum atomic E-state index is -4.28. The van der Waals surface area contributed by atoms with Gasteiger partial charge in [-0.05, 0) is 71.9 Å². The lowest BCUT2D eigenvalue weighted by molar-refractivity contribution is -0.137. The maximum Gasteiger partial charge on any atom is 0.416 e. The summed E-state index contributed by atoms with van der Waals surface area (Å²) in [5, 5.41) is 0. The summed E-state index contributed by atoms with van der Waals surface area (Å²) >= 11 is 0.